The van der Waals surface area contributed by atoms with Gasteiger partial charge < -0.3 is 19.9 Å². The maximum Gasteiger partial charge on any atom is 0.119 e. The van der Waals surface area contributed by atoms with Crippen LogP contribution in [0.25, 0.3) is 0 Å². The van der Waals surface area contributed by atoms with Crippen molar-refractivity contribution in [2.45, 2.75) is 57.8 Å². The zero-order valence-electron chi connectivity index (χ0n) is 12.2. The van der Waals surface area contributed by atoms with Crippen LogP contribution in [-0.2, 0) is 4.79 Å². The van der Waals surface area contributed by atoms with E-state index in [4.69, 9.17) is 10.2 Å². The first kappa shape index (κ1) is 18.6. The van der Waals surface area contributed by atoms with Gasteiger partial charge in [-0.25, -0.2) is 0 Å². The third kappa shape index (κ3) is 13.8. The topological polar surface area (TPSA) is 60.8 Å². The predicted molar refractivity (Wildman–Crippen MR) is 78.2 cm³/mol. The zero-order chi connectivity index (χ0) is 14.2. The Bertz CT molecular complexity index is 188. The van der Waals surface area contributed by atoms with Crippen molar-refractivity contribution in [2.75, 3.05) is 32.8 Å². The number of rotatable bonds is 15. The second-order valence-corrected chi connectivity index (χ2v) is 5.07. The van der Waals surface area contributed by atoms with Gasteiger partial charge in [0.25, 0.3) is 0 Å². The molecule has 0 unspecified atom stereocenters. The Morgan fingerprint density at radius 1 is 0.684 bits per heavy atom. The molecule has 0 atom stereocenters. The van der Waals surface area contributed by atoms with Gasteiger partial charge in [0.1, 0.15) is 6.29 Å². The summed E-state index contributed by atoms with van der Waals surface area (Å²) in [5, 5.41) is 17.6. The van der Waals surface area contributed by atoms with Crippen molar-refractivity contribution < 1.29 is 15.0 Å². The summed E-state index contributed by atoms with van der Waals surface area (Å²) >= 11 is 0. The third-order valence-corrected chi connectivity index (χ3v) is 3.31. The number of carbonyl (C=O) groups excluding carboxylic acids is 1. The molecule has 0 bridgehead atoms. The van der Waals surface area contributed by atoms with E-state index in [1.54, 1.807) is 0 Å². The summed E-state index contributed by atoms with van der Waals surface area (Å²) in [7, 11) is 0. The summed E-state index contributed by atoms with van der Waals surface area (Å²) in [5.74, 6) is 0. The first-order valence-electron chi connectivity index (χ1n) is 7.73. The molecule has 0 amide bonds. The Morgan fingerprint density at radius 2 is 1.16 bits per heavy atom. The van der Waals surface area contributed by atoms with Crippen molar-refractivity contribution in [2.24, 2.45) is 0 Å². The number of hydrogen-bond donors (Lipinski definition) is 2. The Labute approximate surface area is 117 Å². The van der Waals surface area contributed by atoms with Crippen LogP contribution in [0.5, 0.6) is 0 Å². The van der Waals surface area contributed by atoms with Gasteiger partial charge in [0, 0.05) is 19.6 Å². The first-order chi connectivity index (χ1) is 9.35. The Morgan fingerprint density at radius 3 is 1.68 bits per heavy atom. The monoisotopic (exact) mass is 273 g/mol. The van der Waals surface area contributed by atoms with Gasteiger partial charge in [-0.2, -0.15) is 0 Å². The minimum Gasteiger partial charge on any atom is -0.396 e. The van der Waals surface area contributed by atoms with E-state index in [9.17, 15) is 4.79 Å². The Balaban J connectivity index is 3.66. The average Bonchev–Trinajstić information content (AvgIpc) is 2.42. The first-order valence-corrected chi connectivity index (χ1v) is 7.73. The van der Waals surface area contributed by atoms with E-state index >= 15 is 0 Å². The van der Waals surface area contributed by atoms with E-state index in [2.05, 4.69) is 4.90 Å². The zero-order valence-corrected chi connectivity index (χ0v) is 12.2. The van der Waals surface area contributed by atoms with Crippen molar-refractivity contribution >= 4 is 6.29 Å². The fraction of sp³-hybridized carbons (Fsp3) is 0.933. The number of aliphatic hydroxyl groups is 2. The van der Waals surface area contributed by atoms with Gasteiger partial charge in [-0.3, -0.25) is 0 Å². The van der Waals surface area contributed by atoms with Crippen LogP contribution in [0.2, 0.25) is 0 Å². The number of unbranched alkanes of at least 4 members (excludes halogenated alkanes) is 6. The fourth-order valence-electron chi connectivity index (χ4n) is 2.15. The lowest BCUT2D eigenvalue weighted by Crippen LogP contribution is -2.27. The summed E-state index contributed by atoms with van der Waals surface area (Å²) in [5.41, 5.74) is 0. The van der Waals surface area contributed by atoms with E-state index in [0.717, 1.165) is 77.3 Å². The molecule has 0 rings (SSSR count). The van der Waals surface area contributed by atoms with Crippen LogP contribution in [0.1, 0.15) is 57.8 Å². The molecule has 4 heteroatoms. The molecular weight excluding hydrogens is 242 g/mol. The number of hydrogen-bond acceptors (Lipinski definition) is 4. The quantitative estimate of drug-likeness (QED) is 0.354. The highest BCUT2D eigenvalue weighted by atomic mass is 16.3. The summed E-state index contributed by atoms with van der Waals surface area (Å²) < 4.78 is 0. The van der Waals surface area contributed by atoms with Gasteiger partial charge in [-0.15, -0.1) is 0 Å². The van der Waals surface area contributed by atoms with Crippen LogP contribution >= 0.6 is 0 Å². The SMILES string of the molecule is O=CCCCCCN(CCCCO)CCCCCO. The molecule has 0 aliphatic carbocycles. The lowest BCUT2D eigenvalue weighted by Gasteiger charge is -2.22. The van der Waals surface area contributed by atoms with Crippen molar-refractivity contribution in [1.82, 2.24) is 4.90 Å². The molecule has 4 nitrogen and oxygen atoms in total. The maximum atomic E-state index is 10.2. The largest absolute Gasteiger partial charge is 0.396 e. The van der Waals surface area contributed by atoms with Crippen LogP contribution in [-0.4, -0.2) is 54.2 Å². The van der Waals surface area contributed by atoms with E-state index in [0.29, 0.717) is 6.42 Å². The summed E-state index contributed by atoms with van der Waals surface area (Å²) in [6, 6.07) is 0. The molecule has 0 saturated carbocycles. The van der Waals surface area contributed by atoms with Gasteiger partial charge in [-0.05, 0) is 64.6 Å². The smallest absolute Gasteiger partial charge is 0.119 e. The van der Waals surface area contributed by atoms with Gasteiger partial charge in [0.2, 0.25) is 0 Å². The van der Waals surface area contributed by atoms with Crippen LogP contribution in [0.15, 0.2) is 0 Å². The normalized spacial score (nSPS) is 11.1. The number of aldehydes is 1. The molecule has 0 aliphatic heterocycles. The van der Waals surface area contributed by atoms with Crippen LogP contribution in [0.4, 0.5) is 0 Å². The molecule has 0 aromatic carbocycles. The molecule has 2 N–H and O–H groups in total. The van der Waals surface area contributed by atoms with Crippen molar-refractivity contribution in [1.29, 1.82) is 0 Å². The van der Waals surface area contributed by atoms with Gasteiger partial charge in [-0.1, -0.05) is 6.42 Å². The van der Waals surface area contributed by atoms with Crippen molar-refractivity contribution in [3.63, 3.8) is 0 Å². The molecule has 0 radical (unpaired) electrons. The fourth-order valence-corrected chi connectivity index (χ4v) is 2.15. The summed E-state index contributed by atoms with van der Waals surface area (Å²) in [6.45, 7) is 3.78. The predicted octanol–water partition coefficient (Wildman–Crippen LogP) is 1.98. The minimum atomic E-state index is 0.275. The molecule has 0 saturated heterocycles. The van der Waals surface area contributed by atoms with E-state index < -0.39 is 0 Å². The number of nitrogens with zero attached hydrogens (tertiary/aromatic N) is 1. The lowest BCUT2D eigenvalue weighted by molar-refractivity contribution is -0.107. The van der Waals surface area contributed by atoms with Gasteiger partial charge in [0.15, 0.2) is 0 Å². The molecule has 0 aliphatic rings. The number of aliphatic hydroxyl groups excluding tert-OH is 2. The van der Waals surface area contributed by atoms with E-state index in [-0.39, 0.29) is 13.2 Å². The van der Waals surface area contributed by atoms with Gasteiger partial charge in [0.05, 0.1) is 0 Å². The summed E-state index contributed by atoms with van der Waals surface area (Å²) in [6.07, 6.45) is 9.96. The molecule has 0 fully saturated rings. The molecule has 114 valence electrons. The second-order valence-electron chi connectivity index (χ2n) is 5.07. The summed E-state index contributed by atoms with van der Waals surface area (Å²) in [4.78, 5) is 12.7. The van der Waals surface area contributed by atoms with Gasteiger partial charge >= 0.3 is 0 Å². The Hall–Kier alpha value is -0.450. The van der Waals surface area contributed by atoms with E-state index in [1.807, 2.05) is 0 Å². The minimum absolute atomic E-state index is 0.275. The van der Waals surface area contributed by atoms with Crippen molar-refractivity contribution in [3.05, 3.63) is 0 Å². The van der Waals surface area contributed by atoms with Crippen LogP contribution in [0, 0.1) is 0 Å². The standard InChI is InChI=1S/C15H31NO3/c17-13-7-2-1-4-10-16(12-6-9-15-19)11-5-3-8-14-18/h13,18-19H,1-12,14-15H2. The molecule has 0 aromatic heterocycles. The molecule has 0 aromatic rings. The maximum absolute atomic E-state index is 10.2. The molecule has 19 heavy (non-hydrogen) atoms. The van der Waals surface area contributed by atoms with E-state index in [1.165, 1.54) is 0 Å². The third-order valence-electron chi connectivity index (χ3n) is 3.31. The highest BCUT2D eigenvalue weighted by molar-refractivity contribution is 5.48. The molecule has 0 heterocycles. The average molecular weight is 273 g/mol. The highest BCUT2D eigenvalue weighted by Crippen LogP contribution is 2.05. The van der Waals surface area contributed by atoms with Crippen LogP contribution < -0.4 is 0 Å². The highest BCUT2D eigenvalue weighted by Gasteiger charge is 2.04. The Kier molecular flexibility index (Phi) is 15.2. The second kappa shape index (κ2) is 15.6. The van der Waals surface area contributed by atoms with Crippen LogP contribution in [0.3, 0.4) is 0 Å². The number of carbonyl (C=O) groups is 1. The molecule has 0 spiro atoms. The molecular formula is C15H31NO3. The lowest BCUT2D eigenvalue weighted by atomic mass is 10.1. The van der Waals surface area contributed by atoms with Crippen molar-refractivity contribution in [3.8, 4) is 0 Å².